The number of ketones is 2. The van der Waals surface area contributed by atoms with E-state index in [0.717, 1.165) is 58.2 Å². The van der Waals surface area contributed by atoms with E-state index in [0.29, 0.717) is 23.9 Å². The second-order valence-corrected chi connectivity index (χ2v) is 14.0. The number of rotatable bonds is 37. The maximum absolute atomic E-state index is 13.0. The van der Waals surface area contributed by atoms with Crippen LogP contribution in [0.1, 0.15) is 213 Å². The first-order chi connectivity index (χ1) is 21.6. The first-order valence-electron chi connectivity index (χ1n) is 19.9. The summed E-state index contributed by atoms with van der Waals surface area (Å²) in [5, 5.41) is 9.57. The van der Waals surface area contributed by atoms with Crippen molar-refractivity contribution in [1.29, 1.82) is 0 Å². The Morgan fingerprint density at radius 3 is 1.36 bits per heavy atom. The van der Waals surface area contributed by atoms with Crippen LogP contribution in [-0.2, 0) is 9.59 Å². The third-order valence-corrected chi connectivity index (χ3v) is 9.53. The van der Waals surface area contributed by atoms with E-state index >= 15 is 0 Å². The van der Waals surface area contributed by atoms with Crippen molar-refractivity contribution in [2.75, 3.05) is 26.2 Å². The van der Waals surface area contributed by atoms with Crippen LogP contribution in [-0.4, -0.2) is 47.8 Å². The molecule has 0 fully saturated rings. The zero-order chi connectivity index (χ0) is 32.4. The maximum Gasteiger partial charge on any atom is 0.133 e. The van der Waals surface area contributed by atoms with E-state index in [-0.39, 0.29) is 6.61 Å². The average molecular weight is 622 g/mol. The van der Waals surface area contributed by atoms with E-state index in [9.17, 15) is 14.7 Å². The number of hydrogen-bond donors (Lipinski definition) is 1. The van der Waals surface area contributed by atoms with Crippen LogP contribution in [0.3, 0.4) is 0 Å². The zero-order valence-corrected chi connectivity index (χ0v) is 30.3. The molecule has 0 saturated carbocycles. The summed E-state index contributed by atoms with van der Waals surface area (Å²) in [5.41, 5.74) is 0. The molecule has 0 aliphatic heterocycles. The molecule has 0 radical (unpaired) electrons. The van der Waals surface area contributed by atoms with Gasteiger partial charge in [0.05, 0.1) is 6.61 Å². The highest BCUT2D eigenvalue weighted by Crippen LogP contribution is 2.23. The van der Waals surface area contributed by atoms with Gasteiger partial charge in [-0.1, -0.05) is 162 Å². The van der Waals surface area contributed by atoms with Gasteiger partial charge in [0.1, 0.15) is 11.6 Å². The van der Waals surface area contributed by atoms with Gasteiger partial charge >= 0.3 is 0 Å². The number of aliphatic hydroxyl groups is 1. The van der Waals surface area contributed by atoms with Gasteiger partial charge in [-0.25, -0.2) is 0 Å². The SMILES string of the molecule is CCCCCCCCC(CCCCCCCC)CC(=O)CCCN(CCO)CCCCCCCCCCC(=O)CCCCC. The van der Waals surface area contributed by atoms with Crippen LogP contribution in [0.5, 0.6) is 0 Å². The first kappa shape index (κ1) is 43.3. The summed E-state index contributed by atoms with van der Waals surface area (Å²) in [7, 11) is 0. The van der Waals surface area contributed by atoms with Crippen molar-refractivity contribution in [3.05, 3.63) is 0 Å². The highest BCUT2D eigenvalue weighted by molar-refractivity contribution is 5.78. The summed E-state index contributed by atoms with van der Waals surface area (Å²) in [6.45, 7) is 9.63. The Morgan fingerprint density at radius 1 is 0.455 bits per heavy atom. The summed E-state index contributed by atoms with van der Waals surface area (Å²) in [4.78, 5) is 27.2. The largest absolute Gasteiger partial charge is 0.395 e. The Morgan fingerprint density at radius 2 is 0.841 bits per heavy atom. The van der Waals surface area contributed by atoms with Crippen molar-refractivity contribution < 1.29 is 14.7 Å². The van der Waals surface area contributed by atoms with Crippen LogP contribution in [0.25, 0.3) is 0 Å². The van der Waals surface area contributed by atoms with Crippen molar-refractivity contribution in [1.82, 2.24) is 4.90 Å². The molecule has 0 saturated heterocycles. The lowest BCUT2D eigenvalue weighted by atomic mass is 9.89. The van der Waals surface area contributed by atoms with E-state index in [1.807, 2.05) is 0 Å². The highest BCUT2D eigenvalue weighted by Gasteiger charge is 2.15. The van der Waals surface area contributed by atoms with Gasteiger partial charge in [0, 0.05) is 32.2 Å². The number of Topliss-reactive ketones (excluding diaryl/α,β-unsaturated/α-hetero) is 2. The van der Waals surface area contributed by atoms with Crippen LogP contribution in [0.4, 0.5) is 0 Å². The lowest BCUT2D eigenvalue weighted by molar-refractivity contribution is -0.120. The van der Waals surface area contributed by atoms with E-state index in [1.54, 1.807) is 0 Å². The van der Waals surface area contributed by atoms with Crippen molar-refractivity contribution in [3.8, 4) is 0 Å². The minimum Gasteiger partial charge on any atom is -0.395 e. The molecule has 44 heavy (non-hydrogen) atoms. The van der Waals surface area contributed by atoms with E-state index in [2.05, 4.69) is 25.7 Å². The maximum atomic E-state index is 13.0. The Hall–Kier alpha value is -0.740. The summed E-state index contributed by atoms with van der Waals surface area (Å²) in [6, 6.07) is 0. The lowest BCUT2D eigenvalue weighted by Gasteiger charge is -2.21. The Bertz CT molecular complexity index is 591. The summed E-state index contributed by atoms with van der Waals surface area (Å²) >= 11 is 0. The topological polar surface area (TPSA) is 57.6 Å². The monoisotopic (exact) mass is 622 g/mol. The summed E-state index contributed by atoms with van der Waals surface area (Å²) in [5.74, 6) is 1.52. The molecular weight excluding hydrogens is 542 g/mol. The molecule has 0 aromatic rings. The molecule has 0 amide bonds. The molecule has 0 aromatic heterocycles. The van der Waals surface area contributed by atoms with Crippen LogP contribution in [0.2, 0.25) is 0 Å². The van der Waals surface area contributed by atoms with Crippen molar-refractivity contribution in [3.63, 3.8) is 0 Å². The quantitative estimate of drug-likeness (QED) is 0.0701. The van der Waals surface area contributed by atoms with Gasteiger partial charge in [-0.2, -0.15) is 0 Å². The fourth-order valence-electron chi connectivity index (χ4n) is 6.59. The van der Waals surface area contributed by atoms with Crippen LogP contribution >= 0.6 is 0 Å². The molecule has 4 heteroatoms. The second kappa shape index (κ2) is 35.1. The molecule has 0 unspecified atom stereocenters. The fourth-order valence-corrected chi connectivity index (χ4v) is 6.59. The highest BCUT2D eigenvalue weighted by atomic mass is 16.3. The first-order valence-corrected chi connectivity index (χ1v) is 19.9. The molecule has 0 rings (SSSR count). The number of hydrogen-bond acceptors (Lipinski definition) is 4. The third-order valence-electron chi connectivity index (χ3n) is 9.53. The standard InChI is InChI=1S/C40H79NO3/c1-4-7-10-12-18-23-28-38(29-24-19-13-11-8-5-2)37-40(44)32-27-34-41(35-36-42)33-26-21-17-15-14-16-20-25-31-39(43)30-22-9-6-3/h38,42H,4-37H2,1-3H3. The Labute approximate surface area is 276 Å². The van der Waals surface area contributed by atoms with E-state index in [1.165, 1.54) is 148 Å². The van der Waals surface area contributed by atoms with Gasteiger partial charge < -0.3 is 10.0 Å². The molecule has 4 nitrogen and oxygen atoms in total. The predicted molar refractivity (Wildman–Crippen MR) is 193 cm³/mol. The number of unbranched alkanes of at least 4 members (excludes halogenated alkanes) is 19. The molecule has 0 aliphatic rings. The predicted octanol–water partition coefficient (Wildman–Crippen LogP) is 11.8. The normalized spacial score (nSPS) is 11.7. The van der Waals surface area contributed by atoms with E-state index in [4.69, 9.17) is 0 Å². The number of aliphatic hydroxyl groups excluding tert-OH is 1. The van der Waals surface area contributed by atoms with Crippen molar-refractivity contribution in [2.24, 2.45) is 5.92 Å². The molecule has 0 aliphatic carbocycles. The van der Waals surface area contributed by atoms with Crippen molar-refractivity contribution >= 4 is 11.6 Å². The minimum atomic E-state index is 0.202. The van der Waals surface area contributed by atoms with Crippen LogP contribution in [0, 0.1) is 5.92 Å². The molecule has 0 spiro atoms. The van der Waals surface area contributed by atoms with Crippen molar-refractivity contribution in [2.45, 2.75) is 213 Å². The van der Waals surface area contributed by atoms with Gasteiger partial charge in [-0.15, -0.1) is 0 Å². The van der Waals surface area contributed by atoms with Crippen LogP contribution < -0.4 is 0 Å². The summed E-state index contributed by atoms with van der Waals surface area (Å²) < 4.78 is 0. The smallest absolute Gasteiger partial charge is 0.133 e. The molecule has 0 bridgehead atoms. The lowest BCUT2D eigenvalue weighted by Crippen LogP contribution is -2.29. The van der Waals surface area contributed by atoms with E-state index < -0.39 is 0 Å². The Kier molecular flexibility index (Phi) is 34.5. The number of nitrogens with zero attached hydrogens (tertiary/aromatic N) is 1. The number of carbonyl (C=O) groups excluding carboxylic acids is 2. The second-order valence-electron chi connectivity index (χ2n) is 14.0. The Balaban J connectivity index is 4.10. The number of carbonyl (C=O) groups is 2. The summed E-state index contributed by atoms with van der Waals surface area (Å²) in [6.07, 6.45) is 35.7. The van der Waals surface area contributed by atoms with Gasteiger partial charge in [-0.3, -0.25) is 9.59 Å². The minimum absolute atomic E-state index is 0.202. The molecule has 0 atom stereocenters. The van der Waals surface area contributed by atoms with Gasteiger partial charge in [-0.05, 0) is 44.7 Å². The molecular formula is C40H79NO3. The zero-order valence-electron chi connectivity index (χ0n) is 30.3. The van der Waals surface area contributed by atoms with Gasteiger partial charge in [0.25, 0.3) is 0 Å². The van der Waals surface area contributed by atoms with Gasteiger partial charge in [0.2, 0.25) is 0 Å². The fraction of sp³-hybridized carbons (Fsp3) is 0.950. The van der Waals surface area contributed by atoms with Gasteiger partial charge in [0.15, 0.2) is 0 Å². The molecule has 0 aromatic carbocycles. The molecule has 0 heterocycles. The third kappa shape index (κ3) is 31.3. The van der Waals surface area contributed by atoms with Crippen LogP contribution in [0.15, 0.2) is 0 Å². The molecule has 262 valence electrons. The average Bonchev–Trinajstić information content (AvgIpc) is 3.01. The molecule has 1 N–H and O–H groups in total.